The second kappa shape index (κ2) is 8.19. The largest absolute Gasteiger partial charge is 0.376 e. The van der Waals surface area contributed by atoms with E-state index >= 15 is 0 Å². The summed E-state index contributed by atoms with van der Waals surface area (Å²) < 4.78 is 1.29. The fourth-order valence-electron chi connectivity index (χ4n) is 3.04. The second-order valence-electron chi connectivity index (χ2n) is 6.66. The fraction of sp³-hybridized carbons (Fsp3) is 0.136. The van der Waals surface area contributed by atoms with Crippen LogP contribution in [0.3, 0.4) is 0 Å². The Morgan fingerprint density at radius 1 is 1.10 bits per heavy atom. The van der Waals surface area contributed by atoms with Crippen LogP contribution in [0.4, 0.5) is 5.69 Å². The van der Waals surface area contributed by atoms with Crippen molar-refractivity contribution in [2.24, 2.45) is 0 Å². The fourth-order valence-corrected chi connectivity index (χ4v) is 3.85. The number of para-hydroxylation sites is 1. The topological polar surface area (TPSA) is 59.8 Å². The van der Waals surface area contributed by atoms with Gasteiger partial charge in [-0.15, -0.1) is 11.3 Å². The minimum atomic E-state index is -0.357. The maximum absolute atomic E-state index is 12.6. The summed E-state index contributed by atoms with van der Waals surface area (Å²) in [5.41, 5.74) is 3.96. The van der Waals surface area contributed by atoms with Gasteiger partial charge in [-0.25, -0.2) is 4.98 Å². The van der Waals surface area contributed by atoms with Crippen molar-refractivity contribution in [2.75, 3.05) is 5.32 Å². The van der Waals surface area contributed by atoms with Gasteiger partial charge in [0.15, 0.2) is 0 Å². The minimum Gasteiger partial charge on any atom is -0.376 e. The molecule has 0 aliphatic rings. The molecule has 2 aromatic heterocycles. The first kappa shape index (κ1) is 19.4. The van der Waals surface area contributed by atoms with Gasteiger partial charge in [-0.3, -0.25) is 4.79 Å². The lowest BCUT2D eigenvalue weighted by Gasteiger charge is -2.17. The van der Waals surface area contributed by atoms with Crippen molar-refractivity contribution in [1.29, 1.82) is 0 Å². The Bertz CT molecular complexity index is 1190. The molecule has 7 heteroatoms. The number of nitrogens with one attached hydrogen (secondary N) is 1. The number of anilines is 1. The van der Waals surface area contributed by atoms with Crippen LogP contribution in [0.5, 0.6) is 0 Å². The van der Waals surface area contributed by atoms with Crippen molar-refractivity contribution in [1.82, 2.24) is 14.8 Å². The number of aryl methyl sites for hydroxylation is 1. The summed E-state index contributed by atoms with van der Waals surface area (Å²) in [6, 6.07) is 17.4. The Labute approximate surface area is 177 Å². The van der Waals surface area contributed by atoms with Crippen LogP contribution in [0.1, 0.15) is 23.5 Å². The van der Waals surface area contributed by atoms with Crippen molar-refractivity contribution < 1.29 is 0 Å². The van der Waals surface area contributed by atoms with Crippen molar-refractivity contribution >= 4 is 28.6 Å². The lowest BCUT2D eigenvalue weighted by atomic mass is 10.0. The smallest absolute Gasteiger partial charge is 0.292 e. The monoisotopic (exact) mass is 422 g/mol. The summed E-state index contributed by atoms with van der Waals surface area (Å²) in [5.74, 6) is 0. The molecule has 0 unspecified atom stereocenters. The van der Waals surface area contributed by atoms with Gasteiger partial charge in [0.1, 0.15) is 5.02 Å². The number of thiazole rings is 1. The van der Waals surface area contributed by atoms with Gasteiger partial charge >= 0.3 is 0 Å². The van der Waals surface area contributed by atoms with Gasteiger partial charge in [0.25, 0.3) is 5.56 Å². The van der Waals surface area contributed by atoms with Gasteiger partial charge < -0.3 is 5.32 Å². The zero-order chi connectivity index (χ0) is 20.4. The standard InChI is InChI=1S/C22H19ClN4OS/c1-14(16-8-10-17(11-9-16)20-13-29-15(2)26-20)25-19-12-24-27(22(28)21(19)23)18-6-4-3-5-7-18/h3-14,25H,1-2H3/t14-/m1/s1. The lowest BCUT2D eigenvalue weighted by Crippen LogP contribution is -2.23. The van der Waals surface area contributed by atoms with Crippen LogP contribution in [-0.2, 0) is 0 Å². The molecule has 5 nitrogen and oxygen atoms in total. The molecule has 0 bridgehead atoms. The third-order valence-electron chi connectivity index (χ3n) is 4.62. The molecule has 0 aliphatic heterocycles. The Hall–Kier alpha value is -2.96. The highest BCUT2D eigenvalue weighted by molar-refractivity contribution is 7.09. The summed E-state index contributed by atoms with van der Waals surface area (Å²) in [7, 11) is 0. The molecule has 4 aromatic rings. The lowest BCUT2D eigenvalue weighted by molar-refractivity contribution is 0.799. The number of hydrogen-bond donors (Lipinski definition) is 1. The predicted molar refractivity (Wildman–Crippen MR) is 119 cm³/mol. The van der Waals surface area contributed by atoms with E-state index in [0.29, 0.717) is 11.4 Å². The van der Waals surface area contributed by atoms with Crippen LogP contribution < -0.4 is 10.9 Å². The molecule has 29 heavy (non-hydrogen) atoms. The van der Waals surface area contributed by atoms with Crippen LogP contribution in [0.2, 0.25) is 5.02 Å². The van der Waals surface area contributed by atoms with E-state index in [-0.39, 0.29) is 16.6 Å². The molecule has 1 atom stereocenters. The molecular formula is C22H19ClN4OS. The van der Waals surface area contributed by atoms with Crippen molar-refractivity contribution in [2.45, 2.75) is 19.9 Å². The second-order valence-corrected chi connectivity index (χ2v) is 8.10. The summed E-state index contributed by atoms with van der Waals surface area (Å²) in [5, 5.41) is 10.8. The summed E-state index contributed by atoms with van der Waals surface area (Å²) in [6.07, 6.45) is 1.58. The van der Waals surface area contributed by atoms with E-state index in [1.165, 1.54) is 4.68 Å². The SMILES string of the molecule is Cc1nc(-c2ccc([C@@H](C)Nc3cnn(-c4ccccc4)c(=O)c3Cl)cc2)cs1. The van der Waals surface area contributed by atoms with Gasteiger partial charge in [0, 0.05) is 17.0 Å². The highest BCUT2D eigenvalue weighted by Crippen LogP contribution is 2.26. The number of benzene rings is 2. The molecule has 2 aromatic carbocycles. The predicted octanol–water partition coefficient (Wildman–Crippen LogP) is 5.49. The van der Waals surface area contributed by atoms with Crippen LogP contribution >= 0.6 is 22.9 Å². The highest BCUT2D eigenvalue weighted by atomic mass is 35.5. The molecule has 146 valence electrons. The molecule has 0 aliphatic carbocycles. The zero-order valence-corrected chi connectivity index (χ0v) is 17.5. The normalized spacial score (nSPS) is 12.0. The van der Waals surface area contributed by atoms with Gasteiger partial charge in [-0.1, -0.05) is 54.1 Å². The van der Waals surface area contributed by atoms with Crippen LogP contribution in [0.15, 0.2) is 71.0 Å². The van der Waals surface area contributed by atoms with Crippen LogP contribution in [0, 0.1) is 6.92 Å². The first-order valence-electron chi connectivity index (χ1n) is 9.15. The minimum absolute atomic E-state index is 0.0486. The maximum Gasteiger partial charge on any atom is 0.292 e. The van der Waals surface area contributed by atoms with Crippen molar-refractivity contribution in [3.05, 3.63) is 92.1 Å². The number of rotatable bonds is 5. The van der Waals surface area contributed by atoms with Gasteiger partial charge in [-0.05, 0) is 31.5 Å². The molecular weight excluding hydrogens is 404 g/mol. The van der Waals surface area contributed by atoms with E-state index < -0.39 is 0 Å². The first-order valence-corrected chi connectivity index (χ1v) is 10.4. The number of nitrogens with zero attached hydrogens (tertiary/aromatic N) is 3. The Morgan fingerprint density at radius 2 is 1.83 bits per heavy atom. The molecule has 2 heterocycles. The number of hydrogen-bond acceptors (Lipinski definition) is 5. The van der Waals surface area contributed by atoms with E-state index in [1.807, 2.05) is 56.3 Å². The number of aromatic nitrogens is 3. The van der Waals surface area contributed by atoms with Gasteiger partial charge in [-0.2, -0.15) is 9.78 Å². The molecule has 1 N–H and O–H groups in total. The number of halogens is 1. The summed E-state index contributed by atoms with van der Waals surface area (Å²) >= 11 is 7.98. The highest BCUT2D eigenvalue weighted by Gasteiger charge is 2.14. The first-order chi connectivity index (χ1) is 14.0. The average Bonchev–Trinajstić information content (AvgIpc) is 3.18. The molecule has 4 rings (SSSR count). The zero-order valence-electron chi connectivity index (χ0n) is 16.0. The van der Waals surface area contributed by atoms with E-state index in [2.05, 4.69) is 32.9 Å². The maximum atomic E-state index is 12.6. The van der Waals surface area contributed by atoms with Crippen molar-refractivity contribution in [3.8, 4) is 16.9 Å². The molecule has 0 amide bonds. The van der Waals surface area contributed by atoms with Crippen molar-refractivity contribution in [3.63, 3.8) is 0 Å². The summed E-state index contributed by atoms with van der Waals surface area (Å²) in [6.45, 7) is 4.01. The summed E-state index contributed by atoms with van der Waals surface area (Å²) in [4.78, 5) is 17.2. The van der Waals surface area contributed by atoms with Gasteiger partial charge in [0.2, 0.25) is 0 Å². The van der Waals surface area contributed by atoms with Crippen LogP contribution in [0.25, 0.3) is 16.9 Å². The Kier molecular flexibility index (Phi) is 5.47. The third-order valence-corrected chi connectivity index (χ3v) is 5.76. The third kappa shape index (κ3) is 4.09. The van der Waals surface area contributed by atoms with Gasteiger partial charge in [0.05, 0.1) is 28.3 Å². The molecule has 0 fully saturated rings. The van der Waals surface area contributed by atoms with E-state index in [1.54, 1.807) is 17.5 Å². The Balaban J connectivity index is 1.54. The van der Waals surface area contributed by atoms with E-state index in [9.17, 15) is 4.79 Å². The molecule has 0 spiro atoms. The van der Waals surface area contributed by atoms with E-state index in [4.69, 9.17) is 11.6 Å². The van der Waals surface area contributed by atoms with Crippen LogP contribution in [-0.4, -0.2) is 14.8 Å². The quantitative estimate of drug-likeness (QED) is 0.462. The molecule has 0 saturated heterocycles. The Morgan fingerprint density at radius 3 is 2.48 bits per heavy atom. The average molecular weight is 423 g/mol. The van der Waals surface area contributed by atoms with E-state index in [0.717, 1.165) is 21.8 Å². The molecule has 0 saturated carbocycles. The molecule has 0 radical (unpaired) electrons.